The highest BCUT2D eigenvalue weighted by Gasteiger charge is 2.17. The molecule has 0 radical (unpaired) electrons. The minimum Gasteiger partial charge on any atom is -0.375 e. The summed E-state index contributed by atoms with van der Waals surface area (Å²) in [6.45, 7) is 3.81. The van der Waals surface area contributed by atoms with Crippen LogP contribution in [0.25, 0.3) is 10.2 Å². The van der Waals surface area contributed by atoms with Crippen LogP contribution >= 0.6 is 11.3 Å². The molecule has 0 aliphatic heterocycles. The molecule has 15 heavy (non-hydrogen) atoms. The molecule has 0 spiro atoms. The standard InChI is InChI=1S/C10H10F2N2S/c1-4(2)5-3-6(11)7(12)9-8(5)14-10(13)15-9/h3-4H,1-2H3,(H2,13,14). The van der Waals surface area contributed by atoms with E-state index in [1.807, 2.05) is 13.8 Å². The molecule has 2 aromatic rings. The monoisotopic (exact) mass is 228 g/mol. The molecule has 0 saturated heterocycles. The smallest absolute Gasteiger partial charge is 0.181 e. The zero-order chi connectivity index (χ0) is 11.2. The number of benzene rings is 1. The van der Waals surface area contributed by atoms with Gasteiger partial charge in [0.15, 0.2) is 16.8 Å². The number of anilines is 1. The predicted molar refractivity (Wildman–Crippen MR) is 58.0 cm³/mol. The summed E-state index contributed by atoms with van der Waals surface area (Å²) in [5.41, 5.74) is 6.67. The number of hydrogen-bond acceptors (Lipinski definition) is 3. The van der Waals surface area contributed by atoms with Gasteiger partial charge < -0.3 is 5.73 Å². The lowest BCUT2D eigenvalue weighted by atomic mass is 10.0. The van der Waals surface area contributed by atoms with E-state index in [1.165, 1.54) is 6.07 Å². The highest BCUT2D eigenvalue weighted by Crippen LogP contribution is 2.33. The van der Waals surface area contributed by atoms with Crippen LogP contribution in [0.5, 0.6) is 0 Å². The summed E-state index contributed by atoms with van der Waals surface area (Å²) in [6, 6.07) is 1.20. The Hall–Kier alpha value is -1.23. The van der Waals surface area contributed by atoms with Crippen LogP contribution in [-0.4, -0.2) is 4.98 Å². The van der Waals surface area contributed by atoms with E-state index in [1.54, 1.807) is 0 Å². The third-order valence-corrected chi connectivity index (χ3v) is 3.11. The van der Waals surface area contributed by atoms with Gasteiger partial charge in [-0.2, -0.15) is 0 Å². The maximum atomic E-state index is 13.4. The normalized spacial score (nSPS) is 11.5. The van der Waals surface area contributed by atoms with Gasteiger partial charge in [0.2, 0.25) is 0 Å². The number of nitrogen functional groups attached to an aromatic ring is 1. The Bertz CT molecular complexity index is 520. The minimum absolute atomic E-state index is 0.0871. The van der Waals surface area contributed by atoms with Crippen molar-refractivity contribution < 1.29 is 8.78 Å². The van der Waals surface area contributed by atoms with Gasteiger partial charge in [0.25, 0.3) is 0 Å². The van der Waals surface area contributed by atoms with Crippen LogP contribution in [0.1, 0.15) is 25.3 Å². The van der Waals surface area contributed by atoms with E-state index < -0.39 is 11.6 Å². The van der Waals surface area contributed by atoms with Crippen molar-refractivity contribution in [1.29, 1.82) is 0 Å². The summed E-state index contributed by atoms with van der Waals surface area (Å²) in [5.74, 6) is -1.61. The first-order valence-electron chi connectivity index (χ1n) is 4.54. The molecule has 0 saturated carbocycles. The van der Waals surface area contributed by atoms with Gasteiger partial charge in [0, 0.05) is 0 Å². The maximum absolute atomic E-state index is 13.4. The summed E-state index contributed by atoms with van der Waals surface area (Å²) in [4.78, 5) is 4.03. The largest absolute Gasteiger partial charge is 0.375 e. The summed E-state index contributed by atoms with van der Waals surface area (Å²) < 4.78 is 26.8. The van der Waals surface area contributed by atoms with E-state index in [9.17, 15) is 8.78 Å². The first-order valence-corrected chi connectivity index (χ1v) is 5.36. The van der Waals surface area contributed by atoms with Crippen LogP contribution in [0.15, 0.2) is 6.07 Å². The molecule has 1 heterocycles. The lowest BCUT2D eigenvalue weighted by molar-refractivity contribution is 0.516. The lowest BCUT2D eigenvalue weighted by Gasteiger charge is -2.06. The van der Waals surface area contributed by atoms with Crippen molar-refractivity contribution in [3.63, 3.8) is 0 Å². The van der Waals surface area contributed by atoms with E-state index in [2.05, 4.69) is 4.98 Å². The second-order valence-corrected chi connectivity index (χ2v) is 4.68. The third kappa shape index (κ3) is 1.56. The minimum atomic E-state index is -0.858. The first kappa shape index (κ1) is 10.3. The van der Waals surface area contributed by atoms with E-state index in [0.717, 1.165) is 11.3 Å². The van der Waals surface area contributed by atoms with E-state index >= 15 is 0 Å². The average Bonchev–Trinajstić information content (AvgIpc) is 2.53. The Morgan fingerprint density at radius 3 is 2.67 bits per heavy atom. The summed E-state index contributed by atoms with van der Waals surface area (Å²) in [7, 11) is 0. The van der Waals surface area contributed by atoms with E-state index in [4.69, 9.17) is 5.73 Å². The van der Waals surface area contributed by atoms with Gasteiger partial charge in [-0.3, -0.25) is 0 Å². The molecule has 80 valence electrons. The molecule has 0 fully saturated rings. The van der Waals surface area contributed by atoms with Crippen LogP contribution in [0.2, 0.25) is 0 Å². The van der Waals surface area contributed by atoms with Gasteiger partial charge in [-0.25, -0.2) is 13.8 Å². The Morgan fingerprint density at radius 1 is 1.40 bits per heavy atom. The van der Waals surface area contributed by atoms with Crippen molar-refractivity contribution >= 4 is 26.7 Å². The number of rotatable bonds is 1. The highest BCUT2D eigenvalue weighted by molar-refractivity contribution is 7.22. The van der Waals surface area contributed by atoms with Crippen molar-refractivity contribution in [1.82, 2.24) is 4.98 Å². The van der Waals surface area contributed by atoms with Crippen LogP contribution in [0.3, 0.4) is 0 Å². The number of nitrogens with two attached hydrogens (primary N) is 1. The fraction of sp³-hybridized carbons (Fsp3) is 0.300. The molecule has 1 aromatic carbocycles. The Labute approximate surface area is 89.7 Å². The van der Waals surface area contributed by atoms with Crippen molar-refractivity contribution in [2.24, 2.45) is 0 Å². The van der Waals surface area contributed by atoms with Crippen molar-refractivity contribution in [2.75, 3.05) is 5.73 Å². The van der Waals surface area contributed by atoms with Crippen LogP contribution in [0.4, 0.5) is 13.9 Å². The Morgan fingerprint density at radius 2 is 2.07 bits per heavy atom. The summed E-state index contributed by atoms with van der Waals surface area (Å²) in [6.07, 6.45) is 0. The average molecular weight is 228 g/mol. The maximum Gasteiger partial charge on any atom is 0.181 e. The number of halogens is 2. The predicted octanol–water partition coefficient (Wildman–Crippen LogP) is 3.28. The molecule has 0 bridgehead atoms. The van der Waals surface area contributed by atoms with Gasteiger partial charge in [-0.1, -0.05) is 25.2 Å². The number of fused-ring (bicyclic) bond motifs is 1. The molecular weight excluding hydrogens is 218 g/mol. The molecule has 2 N–H and O–H groups in total. The van der Waals surface area contributed by atoms with Gasteiger partial charge in [0.1, 0.15) is 0 Å². The van der Waals surface area contributed by atoms with Crippen molar-refractivity contribution in [2.45, 2.75) is 19.8 Å². The van der Waals surface area contributed by atoms with Gasteiger partial charge >= 0.3 is 0 Å². The fourth-order valence-electron chi connectivity index (χ4n) is 1.50. The van der Waals surface area contributed by atoms with Crippen molar-refractivity contribution in [3.05, 3.63) is 23.3 Å². The topological polar surface area (TPSA) is 38.9 Å². The highest BCUT2D eigenvalue weighted by atomic mass is 32.1. The number of thiazole rings is 1. The lowest BCUT2D eigenvalue weighted by Crippen LogP contribution is -1.94. The second-order valence-electron chi connectivity index (χ2n) is 3.65. The SMILES string of the molecule is CC(C)c1cc(F)c(F)c2sc(N)nc12. The zero-order valence-corrected chi connectivity index (χ0v) is 9.16. The quantitative estimate of drug-likeness (QED) is 0.813. The molecule has 0 aliphatic rings. The number of nitrogens with zero attached hydrogens (tertiary/aromatic N) is 1. The van der Waals surface area contributed by atoms with Gasteiger partial charge in [-0.15, -0.1) is 0 Å². The van der Waals surface area contributed by atoms with Crippen LogP contribution < -0.4 is 5.73 Å². The second kappa shape index (κ2) is 3.41. The molecule has 2 nitrogen and oxygen atoms in total. The Kier molecular flexibility index (Phi) is 2.34. The Balaban J connectivity index is 2.87. The first-order chi connectivity index (χ1) is 7.00. The molecule has 1 aromatic heterocycles. The molecule has 0 atom stereocenters. The zero-order valence-electron chi connectivity index (χ0n) is 8.34. The van der Waals surface area contributed by atoms with Gasteiger partial charge in [0.05, 0.1) is 10.2 Å². The van der Waals surface area contributed by atoms with Gasteiger partial charge in [-0.05, 0) is 17.5 Å². The van der Waals surface area contributed by atoms with E-state index in [-0.39, 0.29) is 15.7 Å². The number of hydrogen-bond donors (Lipinski definition) is 1. The molecule has 0 aliphatic carbocycles. The molecule has 2 rings (SSSR count). The molecular formula is C10H10F2N2S. The summed E-state index contributed by atoms with van der Waals surface area (Å²) >= 11 is 0.976. The van der Waals surface area contributed by atoms with Crippen LogP contribution in [-0.2, 0) is 0 Å². The fourth-order valence-corrected chi connectivity index (χ4v) is 2.29. The van der Waals surface area contributed by atoms with Crippen LogP contribution in [0, 0.1) is 11.6 Å². The molecule has 0 unspecified atom stereocenters. The van der Waals surface area contributed by atoms with E-state index in [0.29, 0.717) is 11.1 Å². The summed E-state index contributed by atoms with van der Waals surface area (Å²) in [5, 5.41) is 0.261. The third-order valence-electron chi connectivity index (χ3n) is 2.23. The molecule has 0 amide bonds. The molecule has 5 heteroatoms. The number of aromatic nitrogens is 1. The van der Waals surface area contributed by atoms with Crippen molar-refractivity contribution in [3.8, 4) is 0 Å².